The number of pyridine rings is 1. The molecular formula is C14H19N5O. The van der Waals surface area contributed by atoms with E-state index in [1.54, 1.807) is 35.5 Å². The van der Waals surface area contributed by atoms with Gasteiger partial charge in [-0.2, -0.15) is 5.10 Å². The van der Waals surface area contributed by atoms with Gasteiger partial charge >= 0.3 is 0 Å². The number of hydrogen-bond donors (Lipinski definition) is 2. The van der Waals surface area contributed by atoms with Crippen LogP contribution in [0.1, 0.15) is 30.6 Å². The van der Waals surface area contributed by atoms with Crippen LogP contribution < -0.4 is 10.6 Å². The molecule has 0 aliphatic carbocycles. The third-order valence-electron chi connectivity index (χ3n) is 2.85. The van der Waals surface area contributed by atoms with Crippen molar-refractivity contribution in [1.29, 1.82) is 0 Å². The van der Waals surface area contributed by atoms with Gasteiger partial charge in [0.25, 0.3) is 5.91 Å². The minimum absolute atomic E-state index is 0.188. The van der Waals surface area contributed by atoms with Crippen molar-refractivity contribution in [3.63, 3.8) is 0 Å². The largest absolute Gasteiger partial charge is 0.384 e. The third-order valence-corrected chi connectivity index (χ3v) is 2.85. The Morgan fingerprint density at radius 1 is 1.35 bits per heavy atom. The average molecular weight is 273 g/mol. The van der Waals surface area contributed by atoms with E-state index in [-0.39, 0.29) is 5.91 Å². The molecule has 0 aromatic carbocycles. The van der Waals surface area contributed by atoms with Crippen LogP contribution in [0.3, 0.4) is 0 Å². The monoisotopic (exact) mass is 273 g/mol. The predicted octanol–water partition coefficient (Wildman–Crippen LogP) is 2.37. The Morgan fingerprint density at radius 2 is 2.20 bits per heavy atom. The highest BCUT2D eigenvalue weighted by Gasteiger charge is 2.12. The summed E-state index contributed by atoms with van der Waals surface area (Å²) in [6.07, 6.45) is 7.67. The number of nitrogens with zero attached hydrogens (tertiary/aromatic N) is 3. The zero-order valence-electron chi connectivity index (χ0n) is 11.8. The molecule has 2 heterocycles. The first-order chi connectivity index (χ1) is 9.74. The Kier molecular flexibility index (Phi) is 4.70. The molecule has 0 radical (unpaired) electrons. The predicted molar refractivity (Wildman–Crippen MR) is 78.9 cm³/mol. The summed E-state index contributed by atoms with van der Waals surface area (Å²) in [5.41, 5.74) is 2.01. The lowest BCUT2D eigenvalue weighted by Crippen LogP contribution is -2.15. The Bertz CT molecular complexity index is 578. The molecule has 2 N–H and O–H groups in total. The second-order valence-corrected chi connectivity index (χ2v) is 4.39. The lowest BCUT2D eigenvalue weighted by Gasteiger charge is -2.10. The van der Waals surface area contributed by atoms with Crippen molar-refractivity contribution in [3.8, 4) is 0 Å². The topological polar surface area (TPSA) is 71.8 Å². The fourth-order valence-electron chi connectivity index (χ4n) is 1.79. The van der Waals surface area contributed by atoms with Gasteiger partial charge in [-0.3, -0.25) is 14.5 Å². The standard InChI is InChI=1S/C14H19N5O/c1-3-6-16-13-5-7-15-9-12(13)14(20)18-11-8-17-19(4-2)10-11/h5,7-10H,3-4,6H2,1-2H3,(H,15,16)(H,18,20). The summed E-state index contributed by atoms with van der Waals surface area (Å²) in [4.78, 5) is 16.3. The lowest BCUT2D eigenvalue weighted by atomic mass is 10.2. The van der Waals surface area contributed by atoms with Crippen LogP contribution in [0.5, 0.6) is 0 Å². The number of anilines is 2. The van der Waals surface area contributed by atoms with Crippen molar-refractivity contribution in [3.05, 3.63) is 36.4 Å². The van der Waals surface area contributed by atoms with Crippen molar-refractivity contribution in [2.75, 3.05) is 17.2 Å². The van der Waals surface area contributed by atoms with Gasteiger partial charge in [-0.05, 0) is 19.4 Å². The van der Waals surface area contributed by atoms with E-state index in [0.29, 0.717) is 11.3 Å². The number of nitrogens with one attached hydrogen (secondary N) is 2. The maximum atomic E-state index is 12.3. The van der Waals surface area contributed by atoms with Crippen molar-refractivity contribution in [2.45, 2.75) is 26.8 Å². The van der Waals surface area contributed by atoms with Gasteiger partial charge in [0.15, 0.2) is 0 Å². The zero-order chi connectivity index (χ0) is 14.4. The SMILES string of the molecule is CCCNc1ccncc1C(=O)Nc1cnn(CC)c1. The third kappa shape index (κ3) is 3.34. The zero-order valence-corrected chi connectivity index (χ0v) is 11.8. The van der Waals surface area contributed by atoms with Crippen LogP contribution in [0.4, 0.5) is 11.4 Å². The van der Waals surface area contributed by atoms with E-state index < -0.39 is 0 Å². The number of aromatic nitrogens is 3. The van der Waals surface area contributed by atoms with Crippen LogP contribution >= 0.6 is 0 Å². The molecule has 0 bridgehead atoms. The first-order valence-electron chi connectivity index (χ1n) is 6.76. The number of carbonyl (C=O) groups is 1. The molecule has 6 nitrogen and oxygen atoms in total. The van der Waals surface area contributed by atoms with Gasteiger partial charge in [-0.25, -0.2) is 0 Å². The molecule has 2 aromatic rings. The van der Waals surface area contributed by atoms with Gasteiger partial charge in [-0.1, -0.05) is 6.92 Å². The molecule has 106 valence electrons. The number of rotatable bonds is 6. The Balaban J connectivity index is 2.12. The molecule has 6 heteroatoms. The van der Waals surface area contributed by atoms with Crippen LogP contribution in [0.15, 0.2) is 30.9 Å². The van der Waals surface area contributed by atoms with E-state index in [2.05, 4.69) is 27.6 Å². The highest BCUT2D eigenvalue weighted by Crippen LogP contribution is 2.16. The fourth-order valence-corrected chi connectivity index (χ4v) is 1.79. The quantitative estimate of drug-likeness (QED) is 0.847. The van der Waals surface area contributed by atoms with Crippen molar-refractivity contribution < 1.29 is 4.79 Å². The molecular weight excluding hydrogens is 254 g/mol. The second-order valence-electron chi connectivity index (χ2n) is 4.39. The van der Waals surface area contributed by atoms with Crippen LogP contribution in [0, 0.1) is 0 Å². The van der Waals surface area contributed by atoms with E-state index in [4.69, 9.17) is 0 Å². The smallest absolute Gasteiger partial charge is 0.259 e. The fraction of sp³-hybridized carbons (Fsp3) is 0.357. The van der Waals surface area contributed by atoms with E-state index in [1.165, 1.54) is 0 Å². The highest BCUT2D eigenvalue weighted by molar-refractivity contribution is 6.07. The van der Waals surface area contributed by atoms with Crippen LogP contribution in [0.2, 0.25) is 0 Å². The van der Waals surface area contributed by atoms with Gasteiger partial charge < -0.3 is 10.6 Å². The first-order valence-corrected chi connectivity index (χ1v) is 6.76. The molecule has 2 rings (SSSR count). The van der Waals surface area contributed by atoms with Gasteiger partial charge in [0.2, 0.25) is 0 Å². The summed E-state index contributed by atoms with van der Waals surface area (Å²) >= 11 is 0. The molecule has 0 saturated carbocycles. The molecule has 0 aliphatic rings. The lowest BCUT2D eigenvalue weighted by molar-refractivity contribution is 0.102. The number of hydrogen-bond acceptors (Lipinski definition) is 4. The molecule has 0 aliphatic heterocycles. The Morgan fingerprint density at radius 3 is 2.90 bits per heavy atom. The van der Waals surface area contributed by atoms with E-state index in [0.717, 1.165) is 25.2 Å². The highest BCUT2D eigenvalue weighted by atomic mass is 16.1. The summed E-state index contributed by atoms with van der Waals surface area (Å²) in [5.74, 6) is -0.188. The summed E-state index contributed by atoms with van der Waals surface area (Å²) in [6, 6.07) is 1.81. The maximum Gasteiger partial charge on any atom is 0.259 e. The Hall–Kier alpha value is -2.37. The van der Waals surface area contributed by atoms with Gasteiger partial charge in [-0.15, -0.1) is 0 Å². The molecule has 2 aromatic heterocycles. The molecule has 20 heavy (non-hydrogen) atoms. The van der Waals surface area contributed by atoms with Crippen molar-refractivity contribution in [2.24, 2.45) is 0 Å². The average Bonchev–Trinajstić information content (AvgIpc) is 2.93. The minimum Gasteiger partial charge on any atom is -0.384 e. The molecule has 0 unspecified atom stereocenters. The van der Waals surface area contributed by atoms with Crippen molar-refractivity contribution in [1.82, 2.24) is 14.8 Å². The van der Waals surface area contributed by atoms with Crippen LogP contribution in [0.25, 0.3) is 0 Å². The maximum absolute atomic E-state index is 12.3. The van der Waals surface area contributed by atoms with E-state index in [9.17, 15) is 4.79 Å². The number of carbonyl (C=O) groups excluding carboxylic acids is 1. The van der Waals surface area contributed by atoms with Crippen molar-refractivity contribution >= 4 is 17.3 Å². The summed E-state index contributed by atoms with van der Waals surface area (Å²) in [6.45, 7) is 5.66. The summed E-state index contributed by atoms with van der Waals surface area (Å²) in [5, 5.41) is 10.2. The molecule has 0 fully saturated rings. The normalized spacial score (nSPS) is 10.3. The van der Waals surface area contributed by atoms with Gasteiger partial charge in [0.1, 0.15) is 0 Å². The molecule has 0 atom stereocenters. The van der Waals surface area contributed by atoms with Gasteiger partial charge in [0.05, 0.1) is 23.1 Å². The molecule has 0 spiro atoms. The van der Waals surface area contributed by atoms with E-state index >= 15 is 0 Å². The summed E-state index contributed by atoms with van der Waals surface area (Å²) < 4.78 is 1.76. The van der Waals surface area contributed by atoms with Crippen LogP contribution in [-0.4, -0.2) is 27.2 Å². The molecule has 0 saturated heterocycles. The number of amides is 1. The Labute approximate surface area is 118 Å². The van der Waals surface area contributed by atoms with E-state index in [1.807, 2.05) is 6.92 Å². The minimum atomic E-state index is -0.188. The second kappa shape index (κ2) is 6.70. The first kappa shape index (κ1) is 14.0. The summed E-state index contributed by atoms with van der Waals surface area (Å²) in [7, 11) is 0. The van der Waals surface area contributed by atoms with Crippen LogP contribution in [-0.2, 0) is 6.54 Å². The number of aryl methyl sites for hydroxylation is 1. The van der Waals surface area contributed by atoms with Gasteiger partial charge in [0, 0.05) is 31.7 Å². The molecule has 1 amide bonds.